The van der Waals surface area contributed by atoms with Crippen LogP contribution in [0.2, 0.25) is 0 Å². The summed E-state index contributed by atoms with van der Waals surface area (Å²) in [6.07, 6.45) is 0.795. The van der Waals surface area contributed by atoms with Crippen molar-refractivity contribution < 1.29 is 14.5 Å². The number of hydrogen-bond acceptors (Lipinski definition) is 6. The van der Waals surface area contributed by atoms with Crippen LogP contribution in [0.25, 0.3) is 11.0 Å². The highest BCUT2D eigenvalue weighted by molar-refractivity contribution is 7.99. The number of fused-ring (bicyclic) bond motifs is 1. The molecule has 0 unspecified atom stereocenters. The molecular weight excluding hydrogens is 318 g/mol. The van der Waals surface area contributed by atoms with E-state index < -0.39 is 4.92 Å². The Balaban J connectivity index is 2.36. The van der Waals surface area contributed by atoms with E-state index in [1.54, 1.807) is 6.07 Å². The molecule has 7 nitrogen and oxygen atoms in total. The van der Waals surface area contributed by atoms with Gasteiger partial charge in [0.15, 0.2) is 5.16 Å². The van der Waals surface area contributed by atoms with Crippen molar-refractivity contribution in [1.29, 1.82) is 0 Å². The third kappa shape index (κ3) is 4.38. The number of nitro groups is 1. The van der Waals surface area contributed by atoms with Crippen LogP contribution in [0.4, 0.5) is 5.69 Å². The number of non-ortho nitro benzene ring substituents is 1. The summed E-state index contributed by atoms with van der Waals surface area (Å²) in [4.78, 5) is 37.2. The molecule has 0 aliphatic heterocycles. The van der Waals surface area contributed by atoms with Crippen molar-refractivity contribution in [1.82, 2.24) is 9.55 Å². The molecule has 0 radical (unpaired) electrons. The van der Waals surface area contributed by atoms with Gasteiger partial charge in [0.1, 0.15) is 11.6 Å². The number of Topliss-reactive ketones (excluding diaryl/α,β-unsaturated/α-hetero) is 2. The second-order valence-corrected chi connectivity index (χ2v) is 6.29. The minimum Gasteiger partial charge on any atom is -0.318 e. The van der Waals surface area contributed by atoms with E-state index in [4.69, 9.17) is 0 Å². The Morgan fingerprint density at radius 3 is 2.57 bits per heavy atom. The molecule has 0 amide bonds. The number of aryl methyl sites for hydroxylation is 1. The predicted octanol–water partition coefficient (Wildman–Crippen LogP) is 2.99. The van der Waals surface area contributed by atoms with Gasteiger partial charge in [-0.2, -0.15) is 0 Å². The average molecular weight is 335 g/mol. The summed E-state index contributed by atoms with van der Waals surface area (Å²) >= 11 is 1.42. The lowest BCUT2D eigenvalue weighted by Gasteiger charge is -2.07. The Kier molecular flexibility index (Phi) is 5.49. The van der Waals surface area contributed by atoms with Crippen molar-refractivity contribution in [2.75, 3.05) is 5.75 Å². The van der Waals surface area contributed by atoms with Crippen LogP contribution in [0, 0.1) is 10.1 Å². The largest absolute Gasteiger partial charge is 0.318 e. The number of hydrogen-bond donors (Lipinski definition) is 0. The predicted molar refractivity (Wildman–Crippen MR) is 87.7 cm³/mol. The fraction of sp³-hybridized carbons (Fsp3) is 0.400. The average Bonchev–Trinajstić information content (AvgIpc) is 2.81. The number of carbonyl (C=O) groups is 2. The number of rotatable bonds is 8. The normalized spacial score (nSPS) is 10.9. The molecule has 1 aromatic heterocycles. The molecule has 122 valence electrons. The van der Waals surface area contributed by atoms with Crippen LogP contribution in [0.15, 0.2) is 23.4 Å². The van der Waals surface area contributed by atoms with E-state index in [1.807, 2.05) is 4.57 Å². The van der Waals surface area contributed by atoms with E-state index in [9.17, 15) is 19.7 Å². The molecule has 0 saturated carbocycles. The van der Waals surface area contributed by atoms with E-state index in [2.05, 4.69) is 4.98 Å². The van der Waals surface area contributed by atoms with Crippen molar-refractivity contribution in [3.05, 3.63) is 28.3 Å². The monoisotopic (exact) mass is 335 g/mol. The number of benzene rings is 1. The molecule has 0 bridgehead atoms. The molecule has 0 saturated heterocycles. The maximum absolute atomic E-state index is 11.3. The van der Waals surface area contributed by atoms with Crippen molar-refractivity contribution in [3.8, 4) is 0 Å². The Hall–Kier alpha value is -2.22. The summed E-state index contributed by atoms with van der Waals surface area (Å²) in [7, 11) is 0. The van der Waals surface area contributed by atoms with Gasteiger partial charge < -0.3 is 4.57 Å². The lowest BCUT2D eigenvalue weighted by molar-refractivity contribution is -0.384. The van der Waals surface area contributed by atoms with E-state index >= 15 is 0 Å². The molecule has 1 aromatic carbocycles. The molecule has 0 fully saturated rings. The van der Waals surface area contributed by atoms with Gasteiger partial charge in [0, 0.05) is 37.3 Å². The van der Waals surface area contributed by atoms with Gasteiger partial charge in [-0.15, -0.1) is 0 Å². The Morgan fingerprint density at radius 1 is 1.26 bits per heavy atom. The number of aromatic nitrogens is 2. The molecule has 0 aliphatic carbocycles. The standard InChI is InChI=1S/C15H17N3O4S/c1-10(19)5-7-17-14-4-3-12(18(21)22)9-13(14)16-15(17)23-8-6-11(2)20/h3-4,9H,5-8H2,1-2H3. The molecule has 2 rings (SSSR count). The quantitative estimate of drug-likeness (QED) is 0.418. The maximum Gasteiger partial charge on any atom is 0.271 e. The van der Waals surface area contributed by atoms with E-state index in [0.29, 0.717) is 35.8 Å². The minimum atomic E-state index is -0.462. The Morgan fingerprint density at radius 2 is 1.96 bits per heavy atom. The smallest absolute Gasteiger partial charge is 0.271 e. The molecule has 8 heteroatoms. The summed E-state index contributed by atoms with van der Waals surface area (Å²) in [5, 5.41) is 11.6. The lowest BCUT2D eigenvalue weighted by atomic mass is 10.2. The summed E-state index contributed by atoms with van der Waals surface area (Å²) in [6, 6.07) is 4.50. The van der Waals surface area contributed by atoms with Crippen LogP contribution in [0.1, 0.15) is 26.7 Å². The first-order valence-electron chi connectivity index (χ1n) is 7.15. The zero-order valence-corrected chi connectivity index (χ0v) is 13.8. The van der Waals surface area contributed by atoms with Crippen molar-refractivity contribution in [3.63, 3.8) is 0 Å². The van der Waals surface area contributed by atoms with Crippen molar-refractivity contribution in [2.24, 2.45) is 0 Å². The molecule has 0 spiro atoms. The highest BCUT2D eigenvalue weighted by atomic mass is 32.2. The molecule has 1 heterocycles. The molecule has 2 aromatic rings. The first-order chi connectivity index (χ1) is 10.9. The van der Waals surface area contributed by atoms with Crippen molar-refractivity contribution >= 4 is 40.0 Å². The molecule has 0 atom stereocenters. The summed E-state index contributed by atoms with van der Waals surface area (Å²) in [5.41, 5.74) is 1.25. The Bertz CT molecular complexity index is 769. The minimum absolute atomic E-state index is 0.0194. The number of imidazole rings is 1. The summed E-state index contributed by atoms with van der Waals surface area (Å²) in [6.45, 7) is 3.52. The van der Waals surface area contributed by atoms with Crippen LogP contribution in [-0.2, 0) is 16.1 Å². The van der Waals surface area contributed by atoms with Gasteiger partial charge >= 0.3 is 0 Å². The third-order valence-electron chi connectivity index (χ3n) is 3.28. The SMILES string of the molecule is CC(=O)CCSc1nc2cc([N+](=O)[O-])ccc2n1CCC(C)=O. The fourth-order valence-corrected chi connectivity index (χ4v) is 3.17. The Labute approximate surface area is 137 Å². The second-order valence-electron chi connectivity index (χ2n) is 5.23. The molecule has 0 aliphatic rings. The number of thioether (sulfide) groups is 1. The fourth-order valence-electron chi connectivity index (χ4n) is 2.09. The van der Waals surface area contributed by atoms with E-state index in [1.165, 1.54) is 37.7 Å². The number of carbonyl (C=O) groups excluding carboxylic acids is 2. The maximum atomic E-state index is 11.3. The summed E-state index contributed by atoms with van der Waals surface area (Å²) < 4.78 is 1.88. The number of nitrogens with zero attached hydrogens (tertiary/aromatic N) is 3. The van der Waals surface area contributed by atoms with Crippen LogP contribution in [-0.4, -0.2) is 31.8 Å². The lowest BCUT2D eigenvalue weighted by Crippen LogP contribution is -2.04. The van der Waals surface area contributed by atoms with E-state index in [-0.39, 0.29) is 17.3 Å². The van der Waals surface area contributed by atoms with Gasteiger partial charge in [-0.05, 0) is 19.9 Å². The second kappa shape index (κ2) is 7.36. The first-order valence-corrected chi connectivity index (χ1v) is 8.13. The first kappa shape index (κ1) is 17.1. The van der Waals surface area contributed by atoms with Crippen molar-refractivity contribution in [2.45, 2.75) is 38.4 Å². The van der Waals surface area contributed by atoms with Gasteiger partial charge in [-0.25, -0.2) is 4.98 Å². The highest BCUT2D eigenvalue weighted by Gasteiger charge is 2.15. The van der Waals surface area contributed by atoms with Gasteiger partial charge in [-0.1, -0.05) is 11.8 Å². The van der Waals surface area contributed by atoms with Crippen LogP contribution >= 0.6 is 11.8 Å². The van der Waals surface area contributed by atoms with Crippen LogP contribution < -0.4 is 0 Å². The molecule has 23 heavy (non-hydrogen) atoms. The number of nitro benzene ring substituents is 1. The van der Waals surface area contributed by atoms with Gasteiger partial charge in [0.25, 0.3) is 5.69 Å². The highest BCUT2D eigenvalue weighted by Crippen LogP contribution is 2.27. The molecular formula is C15H17N3O4S. The zero-order chi connectivity index (χ0) is 17.0. The van der Waals surface area contributed by atoms with Gasteiger partial charge in [-0.3, -0.25) is 19.7 Å². The number of ketones is 2. The van der Waals surface area contributed by atoms with Gasteiger partial charge in [0.05, 0.1) is 16.0 Å². The van der Waals surface area contributed by atoms with Crippen LogP contribution in [0.3, 0.4) is 0 Å². The van der Waals surface area contributed by atoms with Crippen LogP contribution in [0.5, 0.6) is 0 Å². The zero-order valence-electron chi connectivity index (χ0n) is 12.9. The topological polar surface area (TPSA) is 95.1 Å². The summed E-state index contributed by atoms with van der Waals surface area (Å²) in [5.74, 6) is 0.744. The third-order valence-corrected chi connectivity index (χ3v) is 4.26. The molecule has 0 N–H and O–H groups in total. The van der Waals surface area contributed by atoms with E-state index in [0.717, 1.165) is 5.52 Å². The van der Waals surface area contributed by atoms with Gasteiger partial charge in [0.2, 0.25) is 0 Å².